The van der Waals surface area contributed by atoms with Crippen molar-refractivity contribution in [1.82, 2.24) is 5.32 Å². The predicted molar refractivity (Wildman–Crippen MR) is 93.3 cm³/mol. The van der Waals surface area contributed by atoms with E-state index in [9.17, 15) is 0 Å². The summed E-state index contributed by atoms with van der Waals surface area (Å²) < 4.78 is 0. The predicted octanol–water partition coefficient (Wildman–Crippen LogP) is 5.00. The zero-order valence-corrected chi connectivity index (χ0v) is 14.3. The van der Waals surface area contributed by atoms with Crippen LogP contribution in [0.25, 0.3) is 0 Å². The molecule has 1 unspecified atom stereocenters. The molecule has 3 heteroatoms. The summed E-state index contributed by atoms with van der Waals surface area (Å²) in [6, 6.07) is 7.23. The van der Waals surface area contributed by atoms with Gasteiger partial charge < -0.3 is 10.2 Å². The molecule has 21 heavy (non-hydrogen) atoms. The average molecular weight is 309 g/mol. The molecule has 0 radical (unpaired) electrons. The van der Waals surface area contributed by atoms with E-state index in [0.717, 1.165) is 31.1 Å². The topological polar surface area (TPSA) is 15.3 Å². The van der Waals surface area contributed by atoms with E-state index in [1.165, 1.54) is 43.4 Å². The molecule has 2 rings (SSSR count). The zero-order valence-electron chi connectivity index (χ0n) is 13.5. The Labute approximate surface area is 134 Å². The molecule has 0 spiro atoms. The second kappa shape index (κ2) is 8.65. The number of nitrogens with zero attached hydrogens (tertiary/aromatic N) is 1. The van der Waals surface area contributed by atoms with Crippen molar-refractivity contribution in [3.8, 4) is 0 Å². The third-order valence-corrected chi connectivity index (χ3v) is 4.73. The van der Waals surface area contributed by atoms with Crippen LogP contribution in [0.2, 0.25) is 5.02 Å². The standard InChI is InChI=1S/C18H29ClN2/c1-3-11-20-14-15-9-10-18(17(19)13-15)21-12-7-5-6-8-16(21)4-2/h9-10,13,16,20H,3-8,11-12,14H2,1-2H3. The molecule has 1 aromatic rings. The van der Waals surface area contributed by atoms with Crippen LogP contribution in [0.3, 0.4) is 0 Å². The maximum atomic E-state index is 6.58. The molecule has 1 aliphatic heterocycles. The molecule has 0 bridgehead atoms. The lowest BCUT2D eigenvalue weighted by Gasteiger charge is -2.32. The van der Waals surface area contributed by atoms with E-state index in [0.29, 0.717) is 6.04 Å². The Kier molecular flexibility index (Phi) is 6.85. The molecule has 1 heterocycles. The van der Waals surface area contributed by atoms with E-state index >= 15 is 0 Å². The fraction of sp³-hybridized carbons (Fsp3) is 0.667. The molecule has 1 saturated heterocycles. The average Bonchev–Trinajstić information content (AvgIpc) is 2.73. The molecule has 118 valence electrons. The minimum Gasteiger partial charge on any atom is -0.367 e. The fourth-order valence-corrected chi connectivity index (χ4v) is 3.53. The van der Waals surface area contributed by atoms with Crippen LogP contribution in [0.5, 0.6) is 0 Å². The van der Waals surface area contributed by atoms with Crippen molar-refractivity contribution in [2.75, 3.05) is 18.0 Å². The van der Waals surface area contributed by atoms with Gasteiger partial charge in [-0.05, 0) is 49.9 Å². The SMILES string of the molecule is CCCNCc1ccc(N2CCCCCC2CC)c(Cl)c1. The van der Waals surface area contributed by atoms with Gasteiger partial charge in [0.2, 0.25) is 0 Å². The third-order valence-electron chi connectivity index (χ3n) is 4.43. The van der Waals surface area contributed by atoms with Crippen LogP contribution in [0.4, 0.5) is 5.69 Å². The molecular weight excluding hydrogens is 280 g/mol. The molecule has 1 fully saturated rings. The van der Waals surface area contributed by atoms with Crippen molar-refractivity contribution in [2.24, 2.45) is 0 Å². The maximum Gasteiger partial charge on any atom is 0.0642 e. The van der Waals surface area contributed by atoms with Crippen molar-refractivity contribution in [3.05, 3.63) is 28.8 Å². The maximum absolute atomic E-state index is 6.58. The Balaban J connectivity index is 2.10. The van der Waals surface area contributed by atoms with E-state index < -0.39 is 0 Å². The molecule has 1 aromatic carbocycles. The summed E-state index contributed by atoms with van der Waals surface area (Å²) in [6.07, 6.45) is 7.66. The molecule has 0 aromatic heterocycles. The van der Waals surface area contributed by atoms with Gasteiger partial charge in [0, 0.05) is 19.1 Å². The summed E-state index contributed by atoms with van der Waals surface area (Å²) in [4.78, 5) is 2.54. The monoisotopic (exact) mass is 308 g/mol. The second-order valence-corrected chi connectivity index (χ2v) is 6.47. The van der Waals surface area contributed by atoms with Crippen molar-refractivity contribution < 1.29 is 0 Å². The minimum absolute atomic E-state index is 0.647. The normalized spacial score (nSPS) is 19.6. The number of anilines is 1. The van der Waals surface area contributed by atoms with Crippen LogP contribution in [-0.2, 0) is 6.54 Å². The summed E-state index contributed by atoms with van der Waals surface area (Å²) in [5.41, 5.74) is 2.50. The Morgan fingerprint density at radius 1 is 1.24 bits per heavy atom. The van der Waals surface area contributed by atoms with Crippen molar-refractivity contribution in [3.63, 3.8) is 0 Å². The van der Waals surface area contributed by atoms with Crippen molar-refractivity contribution in [2.45, 2.75) is 65.0 Å². The first-order chi connectivity index (χ1) is 10.3. The van der Waals surface area contributed by atoms with Crippen LogP contribution in [0.15, 0.2) is 18.2 Å². The fourth-order valence-electron chi connectivity index (χ4n) is 3.22. The molecule has 0 amide bonds. The lowest BCUT2D eigenvalue weighted by molar-refractivity contribution is 0.556. The van der Waals surface area contributed by atoms with Gasteiger partial charge in [0.25, 0.3) is 0 Å². The van der Waals surface area contributed by atoms with E-state index in [-0.39, 0.29) is 0 Å². The number of benzene rings is 1. The van der Waals surface area contributed by atoms with E-state index in [4.69, 9.17) is 11.6 Å². The van der Waals surface area contributed by atoms with Crippen molar-refractivity contribution in [1.29, 1.82) is 0 Å². The van der Waals surface area contributed by atoms with Crippen LogP contribution in [0.1, 0.15) is 57.9 Å². The largest absolute Gasteiger partial charge is 0.367 e. The first-order valence-corrected chi connectivity index (χ1v) is 8.89. The van der Waals surface area contributed by atoms with Gasteiger partial charge in [0.15, 0.2) is 0 Å². The Morgan fingerprint density at radius 2 is 2.10 bits per heavy atom. The van der Waals surface area contributed by atoms with Crippen LogP contribution < -0.4 is 10.2 Å². The highest BCUT2D eigenvalue weighted by Crippen LogP contribution is 2.32. The summed E-state index contributed by atoms with van der Waals surface area (Å²) in [6.45, 7) is 7.59. The van der Waals surface area contributed by atoms with E-state index in [1.54, 1.807) is 0 Å². The van der Waals surface area contributed by atoms with Gasteiger partial charge in [-0.15, -0.1) is 0 Å². The number of hydrogen-bond donors (Lipinski definition) is 1. The minimum atomic E-state index is 0.647. The Hall–Kier alpha value is -0.730. The molecule has 2 nitrogen and oxygen atoms in total. The van der Waals surface area contributed by atoms with Gasteiger partial charge in [-0.3, -0.25) is 0 Å². The van der Waals surface area contributed by atoms with Gasteiger partial charge >= 0.3 is 0 Å². The molecule has 0 aliphatic carbocycles. The molecule has 1 aliphatic rings. The quantitative estimate of drug-likeness (QED) is 0.744. The zero-order chi connectivity index (χ0) is 15.1. The first kappa shape index (κ1) is 16.6. The van der Waals surface area contributed by atoms with E-state index in [1.807, 2.05) is 0 Å². The van der Waals surface area contributed by atoms with Gasteiger partial charge in [-0.2, -0.15) is 0 Å². The van der Waals surface area contributed by atoms with E-state index in [2.05, 4.69) is 42.3 Å². The highest BCUT2D eigenvalue weighted by atomic mass is 35.5. The highest BCUT2D eigenvalue weighted by Gasteiger charge is 2.21. The summed E-state index contributed by atoms with van der Waals surface area (Å²) in [5.74, 6) is 0. The summed E-state index contributed by atoms with van der Waals surface area (Å²) in [5, 5.41) is 4.34. The van der Waals surface area contributed by atoms with Crippen LogP contribution >= 0.6 is 11.6 Å². The molecular formula is C18H29ClN2. The molecule has 0 saturated carbocycles. The van der Waals surface area contributed by atoms with Gasteiger partial charge in [-0.25, -0.2) is 0 Å². The van der Waals surface area contributed by atoms with Gasteiger partial charge in [-0.1, -0.05) is 44.4 Å². The number of halogens is 1. The Morgan fingerprint density at radius 3 is 2.81 bits per heavy atom. The number of hydrogen-bond acceptors (Lipinski definition) is 2. The second-order valence-electron chi connectivity index (χ2n) is 6.07. The first-order valence-electron chi connectivity index (χ1n) is 8.52. The Bertz CT molecular complexity index is 433. The summed E-state index contributed by atoms with van der Waals surface area (Å²) >= 11 is 6.58. The lowest BCUT2D eigenvalue weighted by Crippen LogP contribution is -2.34. The number of rotatable bonds is 6. The van der Waals surface area contributed by atoms with Gasteiger partial charge in [0.1, 0.15) is 0 Å². The third kappa shape index (κ3) is 4.62. The van der Waals surface area contributed by atoms with Crippen LogP contribution in [0, 0.1) is 0 Å². The molecule has 1 atom stereocenters. The smallest absolute Gasteiger partial charge is 0.0642 e. The van der Waals surface area contributed by atoms with Crippen molar-refractivity contribution >= 4 is 17.3 Å². The highest BCUT2D eigenvalue weighted by molar-refractivity contribution is 6.33. The summed E-state index contributed by atoms with van der Waals surface area (Å²) in [7, 11) is 0. The van der Waals surface area contributed by atoms with Crippen LogP contribution in [-0.4, -0.2) is 19.1 Å². The van der Waals surface area contributed by atoms with Gasteiger partial charge in [0.05, 0.1) is 10.7 Å². The number of nitrogens with one attached hydrogen (secondary N) is 1. The lowest BCUT2D eigenvalue weighted by atomic mass is 10.1. The molecule has 1 N–H and O–H groups in total.